The number of anilines is 3. The fourth-order valence-electron chi connectivity index (χ4n) is 3.36. The van der Waals surface area contributed by atoms with Crippen LogP contribution in [0.4, 0.5) is 17.1 Å². The van der Waals surface area contributed by atoms with Gasteiger partial charge < -0.3 is 15.4 Å². The molecule has 3 amide bonds. The fourth-order valence-corrected chi connectivity index (χ4v) is 3.36. The molecule has 0 radical (unpaired) electrons. The molecule has 0 unspecified atom stereocenters. The van der Waals surface area contributed by atoms with Gasteiger partial charge in [-0.05, 0) is 60.7 Å². The van der Waals surface area contributed by atoms with Gasteiger partial charge in [-0.3, -0.25) is 14.4 Å². The predicted octanol–water partition coefficient (Wildman–Crippen LogP) is 4.18. The molecule has 7 heteroatoms. The van der Waals surface area contributed by atoms with Gasteiger partial charge in [-0.15, -0.1) is 0 Å². The first kappa shape index (κ1) is 20.2. The van der Waals surface area contributed by atoms with Crippen LogP contribution in [0, 0.1) is 0 Å². The minimum absolute atomic E-state index is 0.0640. The molecule has 1 aliphatic rings. The molecule has 1 aliphatic heterocycles. The average molecular weight is 415 g/mol. The molecule has 1 heterocycles. The van der Waals surface area contributed by atoms with Crippen molar-refractivity contribution in [3.8, 4) is 11.5 Å². The molecule has 3 aromatic rings. The smallest absolute Gasteiger partial charge is 0.256 e. The number of nitrogens with zero attached hydrogens (tertiary/aromatic N) is 1. The van der Waals surface area contributed by atoms with Crippen molar-refractivity contribution in [1.82, 2.24) is 0 Å². The fraction of sp³-hybridized carbons (Fsp3) is 0.125. The van der Waals surface area contributed by atoms with E-state index in [1.54, 1.807) is 48.5 Å². The van der Waals surface area contributed by atoms with Crippen molar-refractivity contribution in [2.24, 2.45) is 0 Å². The van der Waals surface area contributed by atoms with E-state index in [9.17, 15) is 14.4 Å². The summed E-state index contributed by atoms with van der Waals surface area (Å²) >= 11 is 0. The lowest BCUT2D eigenvalue weighted by atomic mass is 10.2. The Hall–Kier alpha value is -4.13. The summed E-state index contributed by atoms with van der Waals surface area (Å²) in [5, 5.41) is 5.78. The second kappa shape index (κ2) is 8.71. The third kappa shape index (κ3) is 4.72. The highest BCUT2D eigenvalue weighted by Gasteiger charge is 2.39. The van der Waals surface area contributed by atoms with Crippen LogP contribution < -0.4 is 20.3 Å². The van der Waals surface area contributed by atoms with Crippen LogP contribution in [-0.2, 0) is 14.4 Å². The Morgan fingerprint density at radius 3 is 2.13 bits per heavy atom. The van der Waals surface area contributed by atoms with Crippen molar-refractivity contribution in [1.29, 1.82) is 0 Å². The normalized spacial score (nSPS) is 15.6. The van der Waals surface area contributed by atoms with E-state index >= 15 is 0 Å². The maximum absolute atomic E-state index is 12.9. The standard InChI is InChI=1S/C24H21N3O4/c1-16(28)25-17-7-9-18(10-8-17)26-22-15-23(29)27(24(22)30)19-11-13-21(14-12-19)31-20-5-3-2-4-6-20/h2-14,22,26H,15H2,1H3,(H,25,28)/t22-/m1/s1. The zero-order valence-electron chi connectivity index (χ0n) is 16.9. The largest absolute Gasteiger partial charge is 0.457 e. The van der Waals surface area contributed by atoms with E-state index in [0.717, 1.165) is 0 Å². The lowest BCUT2D eigenvalue weighted by molar-refractivity contribution is -0.121. The number of imide groups is 1. The third-order valence-electron chi connectivity index (χ3n) is 4.77. The molecular weight excluding hydrogens is 394 g/mol. The topological polar surface area (TPSA) is 87.7 Å². The highest BCUT2D eigenvalue weighted by atomic mass is 16.5. The Morgan fingerprint density at radius 1 is 0.871 bits per heavy atom. The van der Waals surface area contributed by atoms with Gasteiger partial charge in [0.1, 0.15) is 17.5 Å². The van der Waals surface area contributed by atoms with Crippen LogP contribution in [0.2, 0.25) is 0 Å². The molecular formula is C24H21N3O4. The average Bonchev–Trinajstić information content (AvgIpc) is 3.03. The zero-order valence-corrected chi connectivity index (χ0v) is 16.9. The third-order valence-corrected chi connectivity index (χ3v) is 4.77. The highest BCUT2D eigenvalue weighted by Crippen LogP contribution is 2.28. The van der Waals surface area contributed by atoms with Crippen molar-refractivity contribution in [2.45, 2.75) is 19.4 Å². The predicted molar refractivity (Wildman–Crippen MR) is 118 cm³/mol. The van der Waals surface area contributed by atoms with E-state index in [1.807, 2.05) is 30.3 Å². The van der Waals surface area contributed by atoms with E-state index in [0.29, 0.717) is 28.6 Å². The van der Waals surface area contributed by atoms with Crippen molar-refractivity contribution in [3.05, 3.63) is 78.9 Å². The Labute approximate surface area is 179 Å². The van der Waals surface area contributed by atoms with Gasteiger partial charge >= 0.3 is 0 Å². The Balaban J connectivity index is 1.42. The molecule has 0 spiro atoms. The quantitative estimate of drug-likeness (QED) is 0.590. The SMILES string of the molecule is CC(=O)Nc1ccc(N[C@@H]2CC(=O)N(c3ccc(Oc4ccccc4)cc3)C2=O)cc1. The molecule has 31 heavy (non-hydrogen) atoms. The molecule has 0 aromatic heterocycles. The van der Waals surface area contributed by atoms with Gasteiger partial charge in [0.05, 0.1) is 12.1 Å². The summed E-state index contributed by atoms with van der Waals surface area (Å²) in [7, 11) is 0. The summed E-state index contributed by atoms with van der Waals surface area (Å²) in [5.74, 6) is 0.579. The Morgan fingerprint density at radius 2 is 1.48 bits per heavy atom. The van der Waals surface area contributed by atoms with Crippen molar-refractivity contribution in [3.63, 3.8) is 0 Å². The minimum Gasteiger partial charge on any atom is -0.457 e. The van der Waals surface area contributed by atoms with Gasteiger partial charge in [0.25, 0.3) is 5.91 Å². The summed E-state index contributed by atoms with van der Waals surface area (Å²) in [6.07, 6.45) is 0.0640. The molecule has 3 aromatic carbocycles. The second-order valence-corrected chi connectivity index (χ2v) is 7.14. The number of carbonyl (C=O) groups excluding carboxylic acids is 3. The molecule has 0 bridgehead atoms. The van der Waals surface area contributed by atoms with Crippen LogP contribution >= 0.6 is 0 Å². The van der Waals surface area contributed by atoms with Crippen LogP contribution in [-0.4, -0.2) is 23.8 Å². The maximum Gasteiger partial charge on any atom is 0.256 e. The lowest BCUT2D eigenvalue weighted by Crippen LogP contribution is -2.34. The summed E-state index contributed by atoms with van der Waals surface area (Å²) < 4.78 is 5.76. The lowest BCUT2D eigenvalue weighted by Gasteiger charge is -2.17. The van der Waals surface area contributed by atoms with Gasteiger partial charge in [-0.1, -0.05) is 18.2 Å². The molecule has 7 nitrogen and oxygen atoms in total. The number of nitrogens with one attached hydrogen (secondary N) is 2. The van der Waals surface area contributed by atoms with E-state index in [-0.39, 0.29) is 24.1 Å². The van der Waals surface area contributed by atoms with E-state index in [2.05, 4.69) is 10.6 Å². The second-order valence-electron chi connectivity index (χ2n) is 7.14. The van der Waals surface area contributed by atoms with Gasteiger partial charge in [-0.2, -0.15) is 0 Å². The maximum atomic E-state index is 12.9. The summed E-state index contributed by atoms with van der Waals surface area (Å²) in [6.45, 7) is 1.43. The number of carbonyl (C=O) groups is 3. The van der Waals surface area contributed by atoms with Crippen molar-refractivity contribution in [2.75, 3.05) is 15.5 Å². The number of rotatable bonds is 6. The van der Waals surface area contributed by atoms with Crippen LogP contribution in [0.1, 0.15) is 13.3 Å². The van der Waals surface area contributed by atoms with Crippen LogP contribution in [0.15, 0.2) is 78.9 Å². The van der Waals surface area contributed by atoms with E-state index < -0.39 is 6.04 Å². The number of hydrogen-bond acceptors (Lipinski definition) is 5. The molecule has 1 fully saturated rings. The monoisotopic (exact) mass is 415 g/mol. The van der Waals surface area contributed by atoms with Gasteiger partial charge in [0.2, 0.25) is 11.8 Å². The molecule has 1 atom stereocenters. The van der Waals surface area contributed by atoms with E-state index in [1.165, 1.54) is 11.8 Å². The molecule has 0 saturated carbocycles. The number of amides is 3. The van der Waals surface area contributed by atoms with Gasteiger partial charge in [0, 0.05) is 18.3 Å². The first-order chi connectivity index (χ1) is 15.0. The molecule has 4 rings (SSSR count). The zero-order chi connectivity index (χ0) is 21.8. The number of hydrogen-bond donors (Lipinski definition) is 2. The molecule has 156 valence electrons. The highest BCUT2D eigenvalue weighted by molar-refractivity contribution is 6.23. The van der Waals surface area contributed by atoms with Gasteiger partial charge in [-0.25, -0.2) is 4.90 Å². The van der Waals surface area contributed by atoms with Gasteiger partial charge in [0.15, 0.2) is 0 Å². The van der Waals surface area contributed by atoms with E-state index in [4.69, 9.17) is 4.74 Å². The van der Waals surface area contributed by atoms with Crippen LogP contribution in [0.3, 0.4) is 0 Å². The van der Waals surface area contributed by atoms with Crippen molar-refractivity contribution < 1.29 is 19.1 Å². The van der Waals surface area contributed by atoms with Crippen LogP contribution in [0.5, 0.6) is 11.5 Å². The summed E-state index contributed by atoms with van der Waals surface area (Å²) in [5.41, 5.74) is 1.85. The first-order valence-corrected chi connectivity index (χ1v) is 9.83. The summed E-state index contributed by atoms with van der Waals surface area (Å²) in [6, 6.07) is 22.5. The molecule has 2 N–H and O–H groups in total. The number of ether oxygens (including phenoxy) is 1. The first-order valence-electron chi connectivity index (χ1n) is 9.83. The Bertz CT molecular complexity index is 1100. The van der Waals surface area contributed by atoms with Crippen molar-refractivity contribution >= 4 is 34.8 Å². The molecule has 1 saturated heterocycles. The number of benzene rings is 3. The number of para-hydroxylation sites is 1. The minimum atomic E-state index is -0.653. The Kier molecular flexibility index (Phi) is 5.66. The van der Waals surface area contributed by atoms with Crippen LogP contribution in [0.25, 0.3) is 0 Å². The summed E-state index contributed by atoms with van der Waals surface area (Å²) in [4.78, 5) is 37.7. The molecule has 0 aliphatic carbocycles.